The van der Waals surface area contributed by atoms with Crippen LogP contribution < -0.4 is 10.1 Å². The van der Waals surface area contributed by atoms with Crippen LogP contribution in [0.4, 0.5) is 10.8 Å². The lowest BCUT2D eigenvalue weighted by molar-refractivity contribution is -0.384. The summed E-state index contributed by atoms with van der Waals surface area (Å²) in [6.45, 7) is 0. The predicted octanol–water partition coefficient (Wildman–Crippen LogP) is 3.76. The molecule has 1 amide bonds. The van der Waals surface area contributed by atoms with Gasteiger partial charge in [-0.2, -0.15) is 0 Å². The topological polar surface area (TPSA) is 102 Å². The van der Waals surface area contributed by atoms with Gasteiger partial charge in [0.05, 0.1) is 10.3 Å². The molecule has 9 heteroatoms. The lowest BCUT2D eigenvalue weighted by atomic mass is 9.98. The van der Waals surface area contributed by atoms with Gasteiger partial charge in [-0.3, -0.25) is 25.0 Å². The number of aromatic nitrogens is 1. The highest BCUT2D eigenvalue weighted by atomic mass is 32.1. The van der Waals surface area contributed by atoms with Crippen molar-refractivity contribution >= 4 is 49.6 Å². The molecule has 1 aliphatic carbocycles. The average molecular weight is 387 g/mol. The van der Waals surface area contributed by atoms with E-state index in [-0.39, 0.29) is 21.1 Å². The predicted molar refractivity (Wildman–Crippen MR) is 101 cm³/mol. The molecule has 0 bridgehead atoms. The minimum Gasteiger partial charge on any atom is -0.298 e. The molecule has 7 nitrogen and oxygen atoms in total. The highest BCUT2D eigenvalue weighted by molar-refractivity contribution is 7.20. The molecule has 2 aromatic heterocycles. The van der Waals surface area contributed by atoms with Gasteiger partial charge in [0.25, 0.3) is 11.6 Å². The molecule has 0 fully saturated rings. The number of aryl methyl sites for hydroxylation is 2. The maximum Gasteiger partial charge on any atom is 0.269 e. The van der Waals surface area contributed by atoms with Gasteiger partial charge in [0.2, 0.25) is 4.74 Å². The van der Waals surface area contributed by atoms with Crippen LogP contribution in [0.15, 0.2) is 29.1 Å². The van der Waals surface area contributed by atoms with Crippen molar-refractivity contribution < 1.29 is 9.72 Å². The van der Waals surface area contributed by atoms with Crippen LogP contribution in [0.2, 0.25) is 0 Å². The van der Waals surface area contributed by atoms with Crippen molar-refractivity contribution in [1.82, 2.24) is 4.98 Å². The van der Waals surface area contributed by atoms with E-state index in [9.17, 15) is 19.7 Å². The van der Waals surface area contributed by atoms with E-state index in [1.54, 1.807) is 0 Å². The number of nitro benzene ring substituents is 1. The third-order valence-corrected chi connectivity index (χ3v) is 6.27. The monoisotopic (exact) mass is 387 g/mol. The molecule has 0 saturated carbocycles. The molecule has 2 heterocycles. The van der Waals surface area contributed by atoms with Gasteiger partial charge >= 0.3 is 0 Å². The summed E-state index contributed by atoms with van der Waals surface area (Å²) < 4.78 is -0.0894. The van der Waals surface area contributed by atoms with E-state index in [4.69, 9.17) is 0 Å². The summed E-state index contributed by atoms with van der Waals surface area (Å²) >= 11 is 2.44. The number of fused-ring (bicyclic) bond motifs is 3. The van der Waals surface area contributed by atoms with Crippen molar-refractivity contribution in [1.29, 1.82) is 0 Å². The van der Waals surface area contributed by atoms with Crippen LogP contribution in [0.25, 0.3) is 10.2 Å². The average Bonchev–Trinajstić information content (AvgIpc) is 3.00. The van der Waals surface area contributed by atoms with Crippen LogP contribution in [-0.4, -0.2) is 15.8 Å². The van der Waals surface area contributed by atoms with Crippen LogP contribution in [0.3, 0.4) is 0 Å². The first-order chi connectivity index (χ1) is 12.5. The van der Waals surface area contributed by atoms with Gasteiger partial charge in [-0.25, -0.2) is 4.98 Å². The molecule has 132 valence electrons. The number of nitrogens with zero attached hydrogens (tertiary/aromatic N) is 2. The fourth-order valence-corrected chi connectivity index (χ4v) is 5.21. The number of hydrogen-bond donors (Lipinski definition) is 1. The smallest absolute Gasteiger partial charge is 0.269 e. The Kier molecular flexibility index (Phi) is 4.25. The molecule has 3 aromatic rings. The zero-order valence-electron chi connectivity index (χ0n) is 13.5. The Morgan fingerprint density at radius 3 is 2.62 bits per heavy atom. The number of non-ortho nitro benzene ring substituents is 1. The van der Waals surface area contributed by atoms with E-state index in [1.807, 2.05) is 0 Å². The summed E-state index contributed by atoms with van der Waals surface area (Å²) in [6, 6.07) is 5.28. The standard InChI is InChI=1S/C17H13N3O4S2/c21-14(9-5-7-10(8-6-9)20(23)24)18-17-19-15-13(16(22)26-17)11-3-1-2-4-12(11)25-15/h5-8H,1-4H2,(H,18,19,21). The highest BCUT2D eigenvalue weighted by Crippen LogP contribution is 2.35. The maximum atomic E-state index is 12.5. The van der Waals surface area contributed by atoms with Crippen LogP contribution in [0.5, 0.6) is 0 Å². The van der Waals surface area contributed by atoms with E-state index < -0.39 is 10.8 Å². The van der Waals surface area contributed by atoms with E-state index >= 15 is 0 Å². The number of carbonyl (C=O) groups excluding carboxylic acids is 1. The lowest BCUT2D eigenvalue weighted by Crippen LogP contribution is -2.13. The number of carbonyl (C=O) groups is 1. The molecule has 1 aromatic carbocycles. The minimum absolute atomic E-state index is 0.0880. The minimum atomic E-state index is -0.526. The number of benzene rings is 1. The Bertz CT molecular complexity index is 1090. The number of rotatable bonds is 3. The van der Waals surface area contributed by atoms with Gasteiger partial charge in [0.15, 0.2) is 5.13 Å². The molecule has 0 atom stereocenters. The van der Waals surface area contributed by atoms with Crippen molar-refractivity contribution in [2.24, 2.45) is 0 Å². The van der Waals surface area contributed by atoms with Gasteiger partial charge in [-0.1, -0.05) is 11.3 Å². The first kappa shape index (κ1) is 16.8. The zero-order valence-corrected chi connectivity index (χ0v) is 15.1. The quantitative estimate of drug-likeness (QED) is 0.544. The summed E-state index contributed by atoms with van der Waals surface area (Å²) in [5.41, 5.74) is 1.30. The van der Waals surface area contributed by atoms with Crippen molar-refractivity contribution in [2.75, 3.05) is 5.32 Å². The zero-order chi connectivity index (χ0) is 18.3. The molecule has 0 radical (unpaired) electrons. The number of nitrogens with one attached hydrogen (secondary N) is 1. The number of thiophene rings is 1. The molecular weight excluding hydrogens is 374 g/mol. The van der Waals surface area contributed by atoms with Crippen molar-refractivity contribution in [3.63, 3.8) is 0 Å². The van der Waals surface area contributed by atoms with Gasteiger partial charge in [0, 0.05) is 22.6 Å². The SMILES string of the molecule is O=C(Nc1nc2sc3c(c2c(=O)s1)CCCC3)c1ccc([N+](=O)[O-])cc1. The summed E-state index contributed by atoms with van der Waals surface area (Å²) in [5, 5.41) is 14.2. The fourth-order valence-electron chi connectivity index (χ4n) is 3.05. The second-order valence-corrected chi connectivity index (χ2v) is 8.00. The maximum absolute atomic E-state index is 12.5. The van der Waals surface area contributed by atoms with Gasteiger partial charge < -0.3 is 0 Å². The molecule has 4 rings (SSSR count). The summed E-state index contributed by atoms with van der Waals surface area (Å²) in [4.78, 5) is 41.3. The second kappa shape index (κ2) is 6.58. The number of nitro groups is 1. The molecule has 0 unspecified atom stereocenters. The Labute approximate surface area is 155 Å². The summed E-state index contributed by atoms with van der Waals surface area (Å²) in [7, 11) is 0. The van der Waals surface area contributed by atoms with Crippen LogP contribution >= 0.6 is 22.7 Å². The van der Waals surface area contributed by atoms with E-state index in [1.165, 1.54) is 40.5 Å². The molecule has 1 N–H and O–H groups in total. The second-order valence-electron chi connectivity index (χ2n) is 5.96. The van der Waals surface area contributed by atoms with Crippen molar-refractivity contribution in [3.8, 4) is 0 Å². The molecular formula is C17H13N3O4S2. The third kappa shape index (κ3) is 2.99. The molecule has 0 saturated heterocycles. The highest BCUT2D eigenvalue weighted by Gasteiger charge is 2.20. The van der Waals surface area contributed by atoms with E-state index in [0.717, 1.165) is 42.6 Å². The molecule has 0 aliphatic heterocycles. The third-order valence-electron chi connectivity index (χ3n) is 4.31. The van der Waals surface area contributed by atoms with Crippen LogP contribution in [0.1, 0.15) is 33.6 Å². The Balaban J connectivity index is 1.63. The van der Waals surface area contributed by atoms with Crippen LogP contribution in [-0.2, 0) is 12.8 Å². The first-order valence-electron chi connectivity index (χ1n) is 8.04. The van der Waals surface area contributed by atoms with Crippen molar-refractivity contribution in [3.05, 3.63) is 59.9 Å². The van der Waals surface area contributed by atoms with Gasteiger partial charge in [-0.15, -0.1) is 11.3 Å². The molecule has 0 spiro atoms. The van der Waals surface area contributed by atoms with Crippen LogP contribution in [0, 0.1) is 10.1 Å². The Morgan fingerprint density at radius 1 is 1.15 bits per heavy atom. The fraction of sp³-hybridized carbons (Fsp3) is 0.235. The van der Waals surface area contributed by atoms with E-state index in [2.05, 4.69) is 10.3 Å². The molecule has 26 heavy (non-hydrogen) atoms. The van der Waals surface area contributed by atoms with Crippen molar-refractivity contribution in [2.45, 2.75) is 25.7 Å². The van der Waals surface area contributed by atoms with Gasteiger partial charge in [0.1, 0.15) is 4.83 Å². The number of hydrogen-bond acceptors (Lipinski definition) is 7. The number of amides is 1. The number of anilines is 1. The largest absolute Gasteiger partial charge is 0.298 e. The van der Waals surface area contributed by atoms with Gasteiger partial charge in [-0.05, 0) is 43.4 Å². The lowest BCUT2D eigenvalue weighted by Gasteiger charge is -2.09. The Morgan fingerprint density at radius 2 is 1.88 bits per heavy atom. The van der Waals surface area contributed by atoms with E-state index in [0.29, 0.717) is 10.2 Å². The normalized spacial score (nSPS) is 13.4. The summed E-state index contributed by atoms with van der Waals surface area (Å²) in [6.07, 6.45) is 4.10. The first-order valence-corrected chi connectivity index (χ1v) is 9.67. The summed E-state index contributed by atoms with van der Waals surface area (Å²) in [5.74, 6) is -0.455. The molecule has 1 aliphatic rings. The Hall–Kier alpha value is -2.65.